The molecule has 0 aliphatic heterocycles. The van der Waals surface area contributed by atoms with Crippen LogP contribution in [0, 0.1) is 0 Å². The molecule has 2 rings (SSSR count). The summed E-state index contributed by atoms with van der Waals surface area (Å²) in [7, 11) is 0. The summed E-state index contributed by atoms with van der Waals surface area (Å²) >= 11 is 0. The van der Waals surface area contributed by atoms with Gasteiger partial charge in [-0.2, -0.15) is 10.2 Å². The second kappa shape index (κ2) is 8.62. The van der Waals surface area contributed by atoms with Crippen LogP contribution in [0.25, 0.3) is 0 Å². The Hall–Kier alpha value is -1.96. The first-order valence-corrected chi connectivity index (χ1v) is 9.88. The second-order valence-electron chi connectivity index (χ2n) is 8.53. The highest BCUT2D eigenvalue weighted by atomic mass is 15.1. The molecule has 0 heterocycles. The van der Waals surface area contributed by atoms with E-state index < -0.39 is 0 Å². The van der Waals surface area contributed by atoms with Crippen LogP contribution >= 0.6 is 0 Å². The first kappa shape index (κ1) is 20.4. The zero-order chi connectivity index (χ0) is 19.4. The summed E-state index contributed by atoms with van der Waals surface area (Å²) in [4.78, 5) is 0. The third-order valence-electron chi connectivity index (χ3n) is 4.87. The summed E-state index contributed by atoms with van der Waals surface area (Å²) in [6.07, 6.45) is 0. The van der Waals surface area contributed by atoms with Crippen molar-refractivity contribution in [2.75, 3.05) is 0 Å². The predicted octanol–water partition coefficient (Wildman–Crippen LogP) is 8.60. The predicted molar refractivity (Wildman–Crippen MR) is 113 cm³/mol. The molecule has 0 bridgehead atoms. The highest BCUT2D eigenvalue weighted by molar-refractivity contribution is 5.49. The van der Waals surface area contributed by atoms with E-state index in [-0.39, 0.29) is 0 Å². The van der Waals surface area contributed by atoms with Gasteiger partial charge in [0.05, 0.1) is 11.4 Å². The van der Waals surface area contributed by atoms with E-state index in [1.807, 2.05) is 0 Å². The lowest BCUT2D eigenvalue weighted by Gasteiger charge is -2.13. The molecular weight excluding hydrogens is 316 g/mol. The fourth-order valence-electron chi connectivity index (χ4n) is 2.88. The largest absolute Gasteiger partial charge is 0.151 e. The highest BCUT2D eigenvalue weighted by Gasteiger charge is 2.09. The Morgan fingerprint density at radius 2 is 0.654 bits per heavy atom. The minimum Gasteiger partial charge on any atom is -0.151 e. The molecule has 140 valence electrons. The van der Waals surface area contributed by atoms with Gasteiger partial charge >= 0.3 is 0 Å². The molecule has 0 aliphatic rings. The van der Waals surface area contributed by atoms with E-state index in [1.54, 1.807) is 0 Å². The second-order valence-corrected chi connectivity index (χ2v) is 8.53. The number of hydrogen-bond donors (Lipinski definition) is 0. The quantitative estimate of drug-likeness (QED) is 0.466. The summed E-state index contributed by atoms with van der Waals surface area (Å²) in [5.41, 5.74) is 7.18. The Morgan fingerprint density at radius 1 is 0.423 bits per heavy atom. The molecule has 2 heteroatoms. The summed E-state index contributed by atoms with van der Waals surface area (Å²) in [5.74, 6) is 1.94. The molecule has 0 spiro atoms. The standard InChI is InChI=1S/C24H34N2/c1-15(2)19-9-20(16(3)4)12-23(11-19)25-26-24-13-21(17(5)6)10-22(14-24)18(7)8/h9-18H,1-8H3. The summed E-state index contributed by atoms with van der Waals surface area (Å²) in [5, 5.41) is 9.18. The van der Waals surface area contributed by atoms with Crippen LogP contribution in [0.2, 0.25) is 0 Å². The van der Waals surface area contributed by atoms with Gasteiger partial charge in [0.2, 0.25) is 0 Å². The lowest BCUT2D eigenvalue weighted by Crippen LogP contribution is -1.93. The first-order valence-electron chi connectivity index (χ1n) is 9.88. The fourth-order valence-corrected chi connectivity index (χ4v) is 2.88. The van der Waals surface area contributed by atoms with Crippen molar-refractivity contribution < 1.29 is 0 Å². The van der Waals surface area contributed by atoms with E-state index in [9.17, 15) is 0 Å². The smallest absolute Gasteiger partial charge is 0.0862 e. The molecule has 0 atom stereocenters. The van der Waals surface area contributed by atoms with Crippen molar-refractivity contribution in [3.8, 4) is 0 Å². The minimum atomic E-state index is 0.486. The number of rotatable bonds is 6. The number of hydrogen-bond acceptors (Lipinski definition) is 2. The number of nitrogens with zero attached hydrogens (tertiary/aromatic N) is 2. The molecule has 0 saturated heterocycles. The van der Waals surface area contributed by atoms with Crippen LogP contribution in [0.1, 0.15) is 101 Å². The Bertz CT molecular complexity index is 650. The Kier molecular flexibility index (Phi) is 6.75. The van der Waals surface area contributed by atoms with Gasteiger partial charge in [-0.3, -0.25) is 0 Å². The van der Waals surface area contributed by atoms with Crippen molar-refractivity contribution in [3.63, 3.8) is 0 Å². The van der Waals surface area contributed by atoms with Crippen LogP contribution in [0.4, 0.5) is 11.4 Å². The molecule has 2 nitrogen and oxygen atoms in total. The average Bonchev–Trinajstić information content (AvgIpc) is 2.59. The lowest BCUT2D eigenvalue weighted by atomic mass is 9.95. The molecule has 26 heavy (non-hydrogen) atoms. The van der Waals surface area contributed by atoms with Crippen LogP contribution in [-0.2, 0) is 0 Å². The molecule has 0 aromatic heterocycles. The molecule has 0 aliphatic carbocycles. The van der Waals surface area contributed by atoms with Crippen molar-refractivity contribution in [3.05, 3.63) is 58.7 Å². The third kappa shape index (κ3) is 5.27. The Balaban J connectivity index is 2.43. The van der Waals surface area contributed by atoms with Crippen molar-refractivity contribution in [1.82, 2.24) is 0 Å². The van der Waals surface area contributed by atoms with E-state index in [4.69, 9.17) is 0 Å². The molecule has 0 radical (unpaired) electrons. The summed E-state index contributed by atoms with van der Waals surface area (Å²) in [6.45, 7) is 17.8. The zero-order valence-electron chi connectivity index (χ0n) is 17.7. The number of azo groups is 1. The normalized spacial score (nSPS) is 12.3. The van der Waals surface area contributed by atoms with Gasteiger partial charge in [0, 0.05) is 0 Å². The van der Waals surface area contributed by atoms with Crippen LogP contribution in [0.15, 0.2) is 46.6 Å². The molecular formula is C24H34N2. The molecule has 0 fully saturated rings. The molecule has 2 aromatic carbocycles. The van der Waals surface area contributed by atoms with Crippen molar-refractivity contribution in [1.29, 1.82) is 0 Å². The van der Waals surface area contributed by atoms with Gasteiger partial charge in [-0.15, -0.1) is 0 Å². The van der Waals surface area contributed by atoms with E-state index in [0.29, 0.717) is 23.7 Å². The molecule has 2 aromatic rings. The van der Waals surface area contributed by atoms with Gasteiger partial charge in [-0.05, 0) is 70.2 Å². The SMILES string of the molecule is CC(C)c1cc(N=Nc2cc(C(C)C)cc(C(C)C)c2)cc(C(C)C)c1. The van der Waals surface area contributed by atoms with Gasteiger partial charge in [0.25, 0.3) is 0 Å². The molecule has 0 saturated carbocycles. The first-order chi connectivity index (χ1) is 12.2. The van der Waals surface area contributed by atoms with E-state index in [1.165, 1.54) is 22.3 Å². The highest BCUT2D eigenvalue weighted by Crippen LogP contribution is 2.31. The lowest BCUT2D eigenvalue weighted by molar-refractivity contribution is 0.831. The zero-order valence-corrected chi connectivity index (χ0v) is 17.7. The van der Waals surface area contributed by atoms with Crippen LogP contribution in [0.5, 0.6) is 0 Å². The van der Waals surface area contributed by atoms with Gasteiger partial charge in [0.15, 0.2) is 0 Å². The summed E-state index contributed by atoms with van der Waals surface area (Å²) < 4.78 is 0. The van der Waals surface area contributed by atoms with Gasteiger partial charge in [-0.1, -0.05) is 67.5 Å². The van der Waals surface area contributed by atoms with E-state index >= 15 is 0 Å². The van der Waals surface area contributed by atoms with E-state index in [2.05, 4.69) is 102 Å². The Morgan fingerprint density at radius 3 is 0.846 bits per heavy atom. The number of benzene rings is 2. The Labute approximate surface area is 159 Å². The maximum Gasteiger partial charge on any atom is 0.0862 e. The topological polar surface area (TPSA) is 24.7 Å². The molecule has 0 N–H and O–H groups in total. The third-order valence-corrected chi connectivity index (χ3v) is 4.87. The van der Waals surface area contributed by atoms with Gasteiger partial charge in [0.1, 0.15) is 0 Å². The molecule has 0 unspecified atom stereocenters. The van der Waals surface area contributed by atoms with Crippen LogP contribution in [0.3, 0.4) is 0 Å². The van der Waals surface area contributed by atoms with Crippen molar-refractivity contribution >= 4 is 11.4 Å². The maximum absolute atomic E-state index is 4.59. The average molecular weight is 351 g/mol. The monoisotopic (exact) mass is 350 g/mol. The molecule has 0 amide bonds. The fraction of sp³-hybridized carbons (Fsp3) is 0.500. The van der Waals surface area contributed by atoms with Crippen molar-refractivity contribution in [2.24, 2.45) is 10.2 Å². The van der Waals surface area contributed by atoms with E-state index in [0.717, 1.165) is 11.4 Å². The van der Waals surface area contributed by atoms with Gasteiger partial charge < -0.3 is 0 Å². The van der Waals surface area contributed by atoms with Crippen LogP contribution < -0.4 is 0 Å². The van der Waals surface area contributed by atoms with Crippen molar-refractivity contribution in [2.45, 2.75) is 79.1 Å². The van der Waals surface area contributed by atoms with Crippen LogP contribution in [-0.4, -0.2) is 0 Å². The summed E-state index contributed by atoms with van der Waals surface area (Å²) in [6, 6.07) is 13.2. The van der Waals surface area contributed by atoms with Gasteiger partial charge in [-0.25, -0.2) is 0 Å². The minimum absolute atomic E-state index is 0.486. The maximum atomic E-state index is 4.59.